The fraction of sp³-hybridized carbons (Fsp3) is 0.769. The summed E-state index contributed by atoms with van der Waals surface area (Å²) in [6.07, 6.45) is -1.22. The Labute approximate surface area is 107 Å². The van der Waals surface area contributed by atoms with Gasteiger partial charge in [-0.1, -0.05) is 12.8 Å². The van der Waals surface area contributed by atoms with E-state index in [-0.39, 0.29) is 18.0 Å². The maximum absolute atomic E-state index is 11.2. The second-order valence-electron chi connectivity index (χ2n) is 4.77. The molecule has 2 rings (SSSR count). The molecule has 2 saturated heterocycles. The third-order valence-electron chi connectivity index (χ3n) is 2.92. The summed E-state index contributed by atoms with van der Waals surface area (Å²) in [6.45, 7) is 5.44. The van der Waals surface area contributed by atoms with Crippen LogP contribution in [0.15, 0.2) is 0 Å². The number of methoxy groups -OCH3 is 1. The molecule has 0 amide bonds. The number of ether oxygens (including phenoxy) is 4. The van der Waals surface area contributed by atoms with Crippen molar-refractivity contribution >= 4 is 5.78 Å². The van der Waals surface area contributed by atoms with Gasteiger partial charge in [0.25, 0.3) is 0 Å². The van der Waals surface area contributed by atoms with Crippen LogP contribution in [0.4, 0.5) is 0 Å². The van der Waals surface area contributed by atoms with E-state index in [0.29, 0.717) is 6.42 Å². The van der Waals surface area contributed by atoms with Crippen LogP contribution in [0.2, 0.25) is 0 Å². The normalized spacial score (nSPS) is 36.9. The topological polar surface area (TPSA) is 54.0 Å². The average Bonchev–Trinajstić information content (AvgIpc) is 2.79. The van der Waals surface area contributed by atoms with E-state index in [2.05, 4.69) is 11.8 Å². The summed E-state index contributed by atoms with van der Waals surface area (Å²) in [5.74, 6) is 4.56. The number of ketones is 1. The van der Waals surface area contributed by atoms with Gasteiger partial charge in [0.1, 0.15) is 12.2 Å². The van der Waals surface area contributed by atoms with Crippen LogP contribution in [0.1, 0.15) is 27.2 Å². The molecular formula is C13H18O5. The lowest BCUT2D eigenvalue weighted by Crippen LogP contribution is -2.30. The van der Waals surface area contributed by atoms with E-state index in [1.807, 2.05) is 13.8 Å². The van der Waals surface area contributed by atoms with Crippen molar-refractivity contribution in [1.29, 1.82) is 0 Å². The predicted molar refractivity (Wildman–Crippen MR) is 62.6 cm³/mol. The van der Waals surface area contributed by atoms with Crippen LogP contribution >= 0.6 is 0 Å². The molecule has 0 bridgehead atoms. The molecule has 4 atom stereocenters. The second-order valence-corrected chi connectivity index (χ2v) is 4.77. The fourth-order valence-corrected chi connectivity index (χ4v) is 2.11. The van der Waals surface area contributed by atoms with Crippen molar-refractivity contribution in [1.82, 2.24) is 0 Å². The molecule has 0 aromatic heterocycles. The molecule has 0 radical (unpaired) electrons. The first-order chi connectivity index (χ1) is 8.46. The molecule has 100 valence electrons. The van der Waals surface area contributed by atoms with E-state index in [9.17, 15) is 4.79 Å². The van der Waals surface area contributed by atoms with Gasteiger partial charge in [-0.2, -0.15) is 0 Å². The first-order valence-electron chi connectivity index (χ1n) is 6.05. The van der Waals surface area contributed by atoms with E-state index in [1.165, 1.54) is 0 Å². The first kappa shape index (κ1) is 13.5. The monoisotopic (exact) mass is 254 g/mol. The smallest absolute Gasteiger partial charge is 0.205 e. The fourth-order valence-electron chi connectivity index (χ4n) is 2.11. The molecule has 2 fully saturated rings. The summed E-state index contributed by atoms with van der Waals surface area (Å²) in [6, 6.07) is 0. The van der Waals surface area contributed by atoms with E-state index in [4.69, 9.17) is 18.9 Å². The Kier molecular flexibility index (Phi) is 3.74. The van der Waals surface area contributed by atoms with Crippen molar-refractivity contribution in [3.8, 4) is 11.8 Å². The molecule has 0 aromatic carbocycles. The van der Waals surface area contributed by atoms with Crippen molar-refractivity contribution in [2.24, 2.45) is 0 Å². The van der Waals surface area contributed by atoms with Crippen molar-refractivity contribution in [2.45, 2.75) is 57.6 Å². The molecule has 2 aliphatic heterocycles. The number of carbonyl (C=O) groups excluding carboxylic acids is 1. The number of carbonyl (C=O) groups is 1. The van der Waals surface area contributed by atoms with Crippen LogP contribution < -0.4 is 0 Å². The molecule has 2 heterocycles. The minimum absolute atomic E-state index is 0.116. The van der Waals surface area contributed by atoms with Crippen molar-refractivity contribution in [2.75, 3.05) is 7.11 Å². The summed E-state index contributed by atoms with van der Waals surface area (Å²) in [5, 5.41) is 0. The first-order valence-corrected chi connectivity index (χ1v) is 6.05. The average molecular weight is 254 g/mol. The Hall–Kier alpha value is -0.930. The lowest BCUT2D eigenvalue weighted by Gasteiger charge is -2.21. The number of hydrogen-bond acceptors (Lipinski definition) is 5. The highest BCUT2D eigenvalue weighted by atomic mass is 16.8. The lowest BCUT2D eigenvalue weighted by molar-refractivity contribution is -0.220. The Bertz CT molecular complexity index is 392. The molecule has 0 saturated carbocycles. The zero-order valence-electron chi connectivity index (χ0n) is 11.1. The second kappa shape index (κ2) is 4.98. The summed E-state index contributed by atoms with van der Waals surface area (Å²) < 4.78 is 22.2. The third-order valence-corrected chi connectivity index (χ3v) is 2.92. The number of Topliss-reactive ketones (excluding diaryl/α,β-unsaturated/α-hetero) is 1. The maximum Gasteiger partial charge on any atom is 0.205 e. The number of rotatable bonds is 2. The van der Waals surface area contributed by atoms with E-state index in [0.717, 1.165) is 0 Å². The Morgan fingerprint density at radius 3 is 2.61 bits per heavy atom. The van der Waals surface area contributed by atoms with E-state index >= 15 is 0 Å². The molecule has 0 aromatic rings. The van der Waals surface area contributed by atoms with Crippen LogP contribution in [-0.4, -0.2) is 43.3 Å². The van der Waals surface area contributed by atoms with Gasteiger partial charge >= 0.3 is 0 Å². The van der Waals surface area contributed by atoms with Gasteiger partial charge in [-0.3, -0.25) is 4.79 Å². The summed E-state index contributed by atoms with van der Waals surface area (Å²) in [4.78, 5) is 11.2. The van der Waals surface area contributed by atoms with Crippen LogP contribution in [-0.2, 0) is 23.7 Å². The summed E-state index contributed by atoms with van der Waals surface area (Å²) >= 11 is 0. The Morgan fingerprint density at radius 2 is 2.00 bits per heavy atom. The van der Waals surface area contributed by atoms with Gasteiger partial charge < -0.3 is 18.9 Å². The van der Waals surface area contributed by atoms with Crippen molar-refractivity contribution < 1.29 is 23.7 Å². The molecule has 0 aliphatic carbocycles. The quantitative estimate of drug-likeness (QED) is 0.540. The molecule has 0 unspecified atom stereocenters. The van der Waals surface area contributed by atoms with Crippen LogP contribution in [0.25, 0.3) is 0 Å². The van der Waals surface area contributed by atoms with Crippen molar-refractivity contribution in [3.63, 3.8) is 0 Å². The van der Waals surface area contributed by atoms with Gasteiger partial charge in [-0.15, -0.1) is 0 Å². The van der Waals surface area contributed by atoms with Crippen LogP contribution in [0.5, 0.6) is 0 Å². The van der Waals surface area contributed by atoms with E-state index in [1.54, 1.807) is 14.0 Å². The Balaban J connectivity index is 2.13. The van der Waals surface area contributed by atoms with Crippen molar-refractivity contribution in [3.05, 3.63) is 0 Å². The largest absolute Gasteiger partial charge is 0.353 e. The summed E-state index contributed by atoms with van der Waals surface area (Å²) in [5.41, 5.74) is 0. The minimum atomic E-state index is -0.676. The highest BCUT2D eigenvalue weighted by Gasteiger charge is 2.55. The molecular weight excluding hydrogens is 236 g/mol. The van der Waals surface area contributed by atoms with Gasteiger partial charge in [0.15, 0.2) is 18.2 Å². The highest BCUT2D eigenvalue weighted by Crippen LogP contribution is 2.38. The summed E-state index contributed by atoms with van der Waals surface area (Å²) in [7, 11) is 1.55. The lowest BCUT2D eigenvalue weighted by atomic mass is 10.1. The van der Waals surface area contributed by atoms with Crippen LogP contribution in [0.3, 0.4) is 0 Å². The van der Waals surface area contributed by atoms with Gasteiger partial charge in [0.2, 0.25) is 5.78 Å². The van der Waals surface area contributed by atoms with E-state index < -0.39 is 18.2 Å². The molecule has 5 heteroatoms. The molecule has 5 nitrogen and oxygen atoms in total. The van der Waals surface area contributed by atoms with Crippen LogP contribution in [0, 0.1) is 11.8 Å². The zero-order chi connectivity index (χ0) is 13.3. The molecule has 2 aliphatic rings. The van der Waals surface area contributed by atoms with Gasteiger partial charge in [-0.05, 0) is 19.8 Å². The zero-order valence-corrected chi connectivity index (χ0v) is 11.1. The molecule has 0 N–H and O–H groups in total. The molecule has 18 heavy (non-hydrogen) atoms. The third kappa shape index (κ3) is 2.57. The maximum atomic E-state index is 11.2. The molecule has 0 spiro atoms. The van der Waals surface area contributed by atoms with Gasteiger partial charge in [-0.25, -0.2) is 0 Å². The predicted octanol–water partition coefficient (Wildman–Crippen LogP) is 0.860. The number of hydrogen-bond donors (Lipinski definition) is 0. The SMILES string of the molecule is CCC(=O)C#C[C@H]1O[C@@H](OC)[C@@H]2OC(C)(C)O[C@@H]21. The highest BCUT2D eigenvalue weighted by molar-refractivity contribution is 5.95. The standard InChI is InChI=1S/C13H18O5/c1-5-8(14)6-7-9-10-11(12(15-4)16-9)18-13(2,3)17-10/h9-12H,5H2,1-4H3/t9-,10-,11-,12-/m1/s1. The van der Waals surface area contributed by atoms with Gasteiger partial charge in [0, 0.05) is 13.5 Å². The number of fused-ring (bicyclic) bond motifs is 1. The van der Waals surface area contributed by atoms with Gasteiger partial charge in [0.05, 0.1) is 0 Å². The minimum Gasteiger partial charge on any atom is -0.353 e. The Morgan fingerprint density at radius 1 is 1.33 bits per heavy atom.